The molecule has 1 amide bonds. The molecule has 3 aromatic carbocycles. The van der Waals surface area contributed by atoms with E-state index in [1.165, 1.54) is 24.3 Å². The molecule has 2 atom stereocenters. The molecule has 0 aliphatic carbocycles. The van der Waals surface area contributed by atoms with E-state index in [-0.39, 0.29) is 11.9 Å². The molecule has 3 aromatic rings. The van der Waals surface area contributed by atoms with Gasteiger partial charge in [-0.15, -0.1) is 6.58 Å². The van der Waals surface area contributed by atoms with Gasteiger partial charge in [-0.2, -0.15) is 0 Å². The Balaban J connectivity index is 1.52. The van der Waals surface area contributed by atoms with Gasteiger partial charge >= 0.3 is 6.09 Å². The molecule has 1 aliphatic rings. The van der Waals surface area contributed by atoms with Crippen molar-refractivity contribution in [1.82, 2.24) is 4.90 Å². The molecule has 1 aliphatic heterocycles. The SMILES string of the molecule is C=CC[C@@]1(c2ccc(F)cc2)CCN([C@@H](C)c2ccc(-c3ccc(F)cc3F)cc2)C(=O)O1. The van der Waals surface area contributed by atoms with E-state index in [4.69, 9.17) is 4.74 Å². The van der Waals surface area contributed by atoms with Gasteiger partial charge in [-0.3, -0.25) is 0 Å². The Kier molecular flexibility index (Phi) is 6.27. The van der Waals surface area contributed by atoms with Crippen molar-refractivity contribution in [2.75, 3.05) is 6.54 Å². The summed E-state index contributed by atoms with van der Waals surface area (Å²) in [4.78, 5) is 14.7. The molecule has 0 unspecified atom stereocenters. The fourth-order valence-electron chi connectivity index (χ4n) is 4.32. The molecule has 0 aromatic heterocycles. The molecule has 0 radical (unpaired) electrons. The standard InChI is InChI=1S/C27H24F3NO2/c1-3-14-27(21-8-10-22(28)11-9-21)15-16-31(26(32)33-27)18(2)19-4-6-20(7-5-19)24-13-12-23(29)17-25(24)30/h3-13,17-18H,1,14-16H2,2H3/t18-,27-/m0/s1. The van der Waals surface area contributed by atoms with Gasteiger partial charge in [0.2, 0.25) is 0 Å². The maximum Gasteiger partial charge on any atom is 0.411 e. The van der Waals surface area contributed by atoms with Crippen LogP contribution in [0.2, 0.25) is 0 Å². The maximum absolute atomic E-state index is 14.1. The normalized spacial score (nSPS) is 19.2. The van der Waals surface area contributed by atoms with Crippen molar-refractivity contribution < 1.29 is 22.7 Å². The quantitative estimate of drug-likeness (QED) is 0.373. The summed E-state index contributed by atoms with van der Waals surface area (Å²) in [7, 11) is 0. The Morgan fingerprint density at radius 2 is 1.70 bits per heavy atom. The molecule has 0 saturated carbocycles. The molecule has 6 heteroatoms. The van der Waals surface area contributed by atoms with Gasteiger partial charge in [0.05, 0.1) is 6.04 Å². The fraction of sp³-hybridized carbons (Fsp3) is 0.222. The predicted octanol–water partition coefficient (Wildman–Crippen LogP) is 7.15. The summed E-state index contributed by atoms with van der Waals surface area (Å²) < 4.78 is 46.6. The number of carbonyl (C=O) groups is 1. The molecule has 0 bridgehead atoms. The number of cyclic esters (lactones) is 1. The van der Waals surface area contributed by atoms with E-state index < -0.39 is 23.3 Å². The number of hydrogen-bond acceptors (Lipinski definition) is 2. The summed E-state index contributed by atoms with van der Waals surface area (Å²) >= 11 is 0. The second kappa shape index (κ2) is 9.14. The van der Waals surface area contributed by atoms with Crippen molar-refractivity contribution in [3.05, 3.63) is 108 Å². The first-order valence-electron chi connectivity index (χ1n) is 10.7. The molecular formula is C27H24F3NO2. The van der Waals surface area contributed by atoms with Crippen molar-refractivity contribution in [3.8, 4) is 11.1 Å². The number of rotatable bonds is 6. The zero-order valence-electron chi connectivity index (χ0n) is 18.2. The van der Waals surface area contributed by atoms with Crippen LogP contribution in [0.25, 0.3) is 11.1 Å². The zero-order valence-corrected chi connectivity index (χ0v) is 18.2. The molecule has 1 saturated heterocycles. The van der Waals surface area contributed by atoms with Crippen molar-refractivity contribution in [2.45, 2.75) is 31.4 Å². The largest absolute Gasteiger partial charge is 0.437 e. The average molecular weight is 451 g/mol. The fourth-order valence-corrected chi connectivity index (χ4v) is 4.32. The van der Waals surface area contributed by atoms with Crippen molar-refractivity contribution in [3.63, 3.8) is 0 Å². The van der Waals surface area contributed by atoms with Crippen LogP contribution >= 0.6 is 0 Å². The van der Waals surface area contributed by atoms with Crippen molar-refractivity contribution in [2.24, 2.45) is 0 Å². The van der Waals surface area contributed by atoms with Crippen LogP contribution in [0.1, 0.15) is 36.9 Å². The Bertz CT molecular complexity index is 1160. The minimum absolute atomic E-state index is 0.278. The van der Waals surface area contributed by atoms with Crippen LogP contribution in [0, 0.1) is 17.5 Å². The van der Waals surface area contributed by atoms with Crippen molar-refractivity contribution in [1.29, 1.82) is 0 Å². The van der Waals surface area contributed by atoms with Crippen molar-refractivity contribution >= 4 is 6.09 Å². The monoisotopic (exact) mass is 451 g/mol. The van der Waals surface area contributed by atoms with Crippen LogP contribution < -0.4 is 0 Å². The van der Waals surface area contributed by atoms with Gasteiger partial charge in [0, 0.05) is 31.0 Å². The van der Waals surface area contributed by atoms with E-state index in [1.807, 2.05) is 19.1 Å². The van der Waals surface area contributed by atoms with Gasteiger partial charge in [0.15, 0.2) is 0 Å². The minimum Gasteiger partial charge on any atom is -0.437 e. The molecule has 4 rings (SSSR count). The molecule has 1 fully saturated rings. The van der Waals surface area contributed by atoms with Crippen LogP contribution in [-0.2, 0) is 10.3 Å². The van der Waals surface area contributed by atoms with E-state index in [2.05, 4.69) is 6.58 Å². The second-order valence-corrected chi connectivity index (χ2v) is 8.23. The van der Waals surface area contributed by atoms with Crippen LogP contribution in [0.3, 0.4) is 0 Å². The highest BCUT2D eigenvalue weighted by Gasteiger charge is 2.42. The van der Waals surface area contributed by atoms with Gasteiger partial charge in [-0.1, -0.05) is 42.5 Å². The van der Waals surface area contributed by atoms with Gasteiger partial charge in [0.25, 0.3) is 0 Å². The summed E-state index contributed by atoms with van der Waals surface area (Å²) in [5.41, 5.74) is 1.63. The van der Waals surface area contributed by atoms with Crippen LogP contribution in [0.15, 0.2) is 79.4 Å². The first-order valence-corrected chi connectivity index (χ1v) is 10.7. The lowest BCUT2D eigenvalue weighted by atomic mass is 9.85. The zero-order chi connectivity index (χ0) is 23.6. The van der Waals surface area contributed by atoms with Gasteiger partial charge < -0.3 is 9.64 Å². The first kappa shape index (κ1) is 22.6. The minimum atomic E-state index is -0.882. The number of benzene rings is 3. The third-order valence-corrected chi connectivity index (χ3v) is 6.22. The van der Waals surface area contributed by atoms with E-state index >= 15 is 0 Å². The number of halogens is 3. The smallest absolute Gasteiger partial charge is 0.411 e. The summed E-state index contributed by atoms with van der Waals surface area (Å²) in [5, 5.41) is 0. The molecule has 0 N–H and O–H groups in total. The maximum atomic E-state index is 14.1. The average Bonchev–Trinajstić information content (AvgIpc) is 2.79. The topological polar surface area (TPSA) is 29.5 Å². The lowest BCUT2D eigenvalue weighted by Gasteiger charge is -2.43. The number of amides is 1. The highest BCUT2D eigenvalue weighted by molar-refractivity contribution is 5.70. The van der Waals surface area contributed by atoms with Gasteiger partial charge in [0.1, 0.15) is 23.1 Å². The van der Waals surface area contributed by atoms with Gasteiger partial charge in [-0.05, 0) is 47.9 Å². The van der Waals surface area contributed by atoms with Crippen LogP contribution in [0.4, 0.5) is 18.0 Å². The number of carbonyl (C=O) groups excluding carboxylic acids is 1. The Morgan fingerprint density at radius 3 is 2.30 bits per heavy atom. The predicted molar refractivity (Wildman–Crippen MR) is 121 cm³/mol. The van der Waals surface area contributed by atoms with Crippen LogP contribution in [0.5, 0.6) is 0 Å². The lowest BCUT2D eigenvalue weighted by molar-refractivity contribution is -0.0588. The first-order chi connectivity index (χ1) is 15.8. The molecule has 1 heterocycles. The summed E-state index contributed by atoms with van der Waals surface area (Å²) in [6.07, 6.45) is 2.18. The summed E-state index contributed by atoms with van der Waals surface area (Å²) in [5.74, 6) is -1.61. The Hall–Kier alpha value is -3.54. The second-order valence-electron chi connectivity index (χ2n) is 8.23. The molecule has 3 nitrogen and oxygen atoms in total. The number of nitrogens with zero attached hydrogens (tertiary/aromatic N) is 1. The lowest BCUT2D eigenvalue weighted by Crippen LogP contribution is -2.48. The molecule has 0 spiro atoms. The van der Waals surface area contributed by atoms with E-state index in [0.29, 0.717) is 30.5 Å². The Morgan fingerprint density at radius 1 is 1.03 bits per heavy atom. The molecular weight excluding hydrogens is 427 g/mol. The van der Waals surface area contributed by atoms with E-state index in [9.17, 15) is 18.0 Å². The summed E-state index contributed by atoms with van der Waals surface area (Å²) in [6, 6.07) is 16.3. The highest BCUT2D eigenvalue weighted by Crippen LogP contribution is 2.40. The van der Waals surface area contributed by atoms with Gasteiger partial charge in [-0.25, -0.2) is 18.0 Å². The summed E-state index contributed by atoms with van der Waals surface area (Å²) in [6.45, 7) is 6.13. The number of hydrogen-bond donors (Lipinski definition) is 0. The third kappa shape index (κ3) is 4.51. The Labute approximate surface area is 191 Å². The van der Waals surface area contributed by atoms with Crippen LogP contribution in [-0.4, -0.2) is 17.5 Å². The molecule has 170 valence electrons. The highest BCUT2D eigenvalue weighted by atomic mass is 19.1. The third-order valence-electron chi connectivity index (χ3n) is 6.22. The van der Waals surface area contributed by atoms with E-state index in [1.54, 1.807) is 35.2 Å². The molecule has 33 heavy (non-hydrogen) atoms. The number of ether oxygens (including phenoxy) is 1. The van der Waals surface area contributed by atoms with E-state index in [0.717, 1.165) is 17.2 Å².